The number of carbonyl (C=O) groups is 1. The zero-order chi connectivity index (χ0) is 12.3. The number of hydrogen-bond donors (Lipinski definition) is 2. The average molecular weight is 236 g/mol. The van der Waals surface area contributed by atoms with Crippen molar-refractivity contribution >= 4 is 11.6 Å². The average Bonchev–Trinajstić information content (AvgIpc) is 3.05. The molecule has 0 unspecified atom stereocenters. The molecule has 0 heterocycles. The van der Waals surface area contributed by atoms with E-state index in [1.165, 1.54) is 12.1 Å². The van der Waals surface area contributed by atoms with Gasteiger partial charge in [0.2, 0.25) is 5.91 Å². The van der Waals surface area contributed by atoms with Gasteiger partial charge in [-0.1, -0.05) is 0 Å². The Morgan fingerprint density at radius 1 is 1.47 bits per heavy atom. The molecule has 0 aliphatic heterocycles. The van der Waals surface area contributed by atoms with E-state index in [9.17, 15) is 9.18 Å². The molecule has 92 valence electrons. The van der Waals surface area contributed by atoms with Crippen LogP contribution in [0.1, 0.15) is 24.8 Å². The topological polar surface area (TPSA) is 41.1 Å². The molecule has 0 saturated heterocycles. The summed E-state index contributed by atoms with van der Waals surface area (Å²) in [5, 5.41) is 6.06. The van der Waals surface area contributed by atoms with Crippen LogP contribution in [0.4, 0.5) is 10.1 Å². The zero-order valence-corrected chi connectivity index (χ0v) is 9.92. The minimum absolute atomic E-state index is 0.0831. The highest BCUT2D eigenvalue weighted by molar-refractivity contribution is 5.77. The number of aryl methyl sites for hydroxylation is 1. The molecule has 1 aliphatic carbocycles. The van der Waals surface area contributed by atoms with Gasteiger partial charge in [-0.05, 0) is 43.5 Å². The highest BCUT2D eigenvalue weighted by Crippen LogP contribution is 2.19. The molecule has 1 amide bonds. The van der Waals surface area contributed by atoms with Crippen LogP contribution in [-0.4, -0.2) is 18.5 Å². The Morgan fingerprint density at radius 2 is 2.24 bits per heavy atom. The molecule has 2 rings (SSSR count). The first kappa shape index (κ1) is 11.9. The van der Waals surface area contributed by atoms with Crippen LogP contribution in [-0.2, 0) is 4.79 Å². The van der Waals surface area contributed by atoms with Crippen molar-refractivity contribution in [3.8, 4) is 0 Å². The van der Waals surface area contributed by atoms with Crippen LogP contribution in [0.15, 0.2) is 18.2 Å². The molecule has 0 bridgehead atoms. The van der Waals surface area contributed by atoms with E-state index in [0.29, 0.717) is 19.0 Å². The van der Waals surface area contributed by atoms with Gasteiger partial charge < -0.3 is 10.6 Å². The summed E-state index contributed by atoms with van der Waals surface area (Å²) in [5.74, 6) is -0.153. The van der Waals surface area contributed by atoms with Gasteiger partial charge in [-0.15, -0.1) is 0 Å². The molecule has 1 aliphatic rings. The number of rotatable bonds is 5. The minimum Gasteiger partial charge on any atom is -0.384 e. The van der Waals surface area contributed by atoms with Crippen LogP contribution in [0.25, 0.3) is 0 Å². The molecule has 0 aromatic heterocycles. The first-order valence-corrected chi connectivity index (χ1v) is 5.94. The van der Waals surface area contributed by atoms with Crippen molar-refractivity contribution in [1.82, 2.24) is 5.32 Å². The van der Waals surface area contributed by atoms with Crippen molar-refractivity contribution in [1.29, 1.82) is 0 Å². The predicted molar refractivity (Wildman–Crippen MR) is 65.4 cm³/mol. The van der Waals surface area contributed by atoms with E-state index in [0.717, 1.165) is 24.1 Å². The largest absolute Gasteiger partial charge is 0.384 e. The van der Waals surface area contributed by atoms with Gasteiger partial charge in [-0.2, -0.15) is 0 Å². The van der Waals surface area contributed by atoms with Gasteiger partial charge in [0.15, 0.2) is 0 Å². The van der Waals surface area contributed by atoms with Crippen molar-refractivity contribution in [2.24, 2.45) is 0 Å². The van der Waals surface area contributed by atoms with Crippen molar-refractivity contribution in [3.05, 3.63) is 29.6 Å². The summed E-state index contributed by atoms with van der Waals surface area (Å²) in [5.41, 5.74) is 1.73. The highest BCUT2D eigenvalue weighted by atomic mass is 19.1. The first-order chi connectivity index (χ1) is 8.15. The molecule has 3 nitrogen and oxygen atoms in total. The number of benzene rings is 1. The van der Waals surface area contributed by atoms with Crippen LogP contribution < -0.4 is 10.6 Å². The molecule has 1 aromatic rings. The molecule has 1 fully saturated rings. The number of carbonyl (C=O) groups excluding carboxylic acids is 1. The summed E-state index contributed by atoms with van der Waals surface area (Å²) in [4.78, 5) is 11.4. The second-order valence-electron chi connectivity index (χ2n) is 4.48. The van der Waals surface area contributed by atoms with Crippen molar-refractivity contribution in [2.75, 3.05) is 11.9 Å². The Morgan fingerprint density at radius 3 is 2.88 bits per heavy atom. The maximum absolute atomic E-state index is 12.9. The van der Waals surface area contributed by atoms with Gasteiger partial charge in [-0.25, -0.2) is 4.39 Å². The Kier molecular flexibility index (Phi) is 3.61. The van der Waals surface area contributed by atoms with E-state index in [-0.39, 0.29) is 11.7 Å². The lowest BCUT2D eigenvalue weighted by Crippen LogP contribution is -2.27. The van der Waals surface area contributed by atoms with Gasteiger partial charge in [0, 0.05) is 24.7 Å². The second kappa shape index (κ2) is 5.17. The monoisotopic (exact) mass is 236 g/mol. The van der Waals surface area contributed by atoms with E-state index in [4.69, 9.17) is 0 Å². The van der Waals surface area contributed by atoms with Crippen molar-refractivity contribution in [3.63, 3.8) is 0 Å². The Bertz CT molecular complexity index is 416. The Balaban J connectivity index is 1.75. The molecule has 0 radical (unpaired) electrons. The van der Waals surface area contributed by atoms with Gasteiger partial charge >= 0.3 is 0 Å². The normalized spacial score (nSPS) is 14.5. The van der Waals surface area contributed by atoms with Crippen LogP contribution >= 0.6 is 0 Å². The molecule has 1 saturated carbocycles. The maximum atomic E-state index is 12.9. The third-order valence-electron chi connectivity index (χ3n) is 2.80. The minimum atomic E-state index is -0.237. The lowest BCUT2D eigenvalue weighted by atomic mass is 10.2. The predicted octanol–water partition coefficient (Wildman–Crippen LogP) is 2.21. The second-order valence-corrected chi connectivity index (χ2v) is 4.48. The standard InChI is InChI=1S/C13H17FN2O/c1-9-8-10(14)2-5-12(9)15-7-6-13(17)16-11-3-4-11/h2,5,8,11,15H,3-4,6-7H2,1H3,(H,16,17). The van der Waals surface area contributed by atoms with Gasteiger partial charge in [0.25, 0.3) is 0 Å². The number of hydrogen-bond acceptors (Lipinski definition) is 2. The molecule has 2 N–H and O–H groups in total. The lowest BCUT2D eigenvalue weighted by molar-refractivity contribution is -0.120. The molecule has 4 heteroatoms. The summed E-state index contributed by atoms with van der Waals surface area (Å²) in [6.45, 7) is 2.42. The van der Waals surface area contributed by atoms with Crippen molar-refractivity contribution < 1.29 is 9.18 Å². The molecule has 0 spiro atoms. The SMILES string of the molecule is Cc1cc(F)ccc1NCCC(=O)NC1CC1. The van der Waals surface area contributed by atoms with E-state index in [1.807, 2.05) is 6.92 Å². The molecule has 1 aromatic carbocycles. The number of halogens is 1. The third kappa shape index (κ3) is 3.73. The summed E-state index contributed by atoms with van der Waals surface area (Å²) in [6, 6.07) is 5.01. The summed E-state index contributed by atoms with van der Waals surface area (Å²) in [6.07, 6.45) is 2.67. The van der Waals surface area contributed by atoms with Crippen molar-refractivity contribution in [2.45, 2.75) is 32.2 Å². The zero-order valence-electron chi connectivity index (χ0n) is 9.92. The summed E-state index contributed by atoms with van der Waals surface area (Å²) in [7, 11) is 0. The maximum Gasteiger partial charge on any atom is 0.221 e. The summed E-state index contributed by atoms with van der Waals surface area (Å²) < 4.78 is 12.9. The van der Waals surface area contributed by atoms with E-state index in [2.05, 4.69) is 10.6 Å². The van der Waals surface area contributed by atoms with Crippen LogP contribution in [0, 0.1) is 12.7 Å². The molecular formula is C13H17FN2O. The Hall–Kier alpha value is -1.58. The smallest absolute Gasteiger partial charge is 0.221 e. The number of anilines is 1. The number of amides is 1. The summed E-state index contributed by atoms with van der Waals surface area (Å²) >= 11 is 0. The lowest BCUT2D eigenvalue weighted by Gasteiger charge is -2.09. The third-order valence-corrected chi connectivity index (χ3v) is 2.80. The fourth-order valence-corrected chi connectivity index (χ4v) is 1.66. The molecular weight excluding hydrogens is 219 g/mol. The van der Waals surface area contributed by atoms with Gasteiger partial charge in [0.05, 0.1) is 0 Å². The molecule has 0 atom stereocenters. The van der Waals surface area contributed by atoms with Gasteiger partial charge in [-0.3, -0.25) is 4.79 Å². The van der Waals surface area contributed by atoms with Crippen LogP contribution in [0.3, 0.4) is 0 Å². The molecule has 17 heavy (non-hydrogen) atoms. The van der Waals surface area contributed by atoms with E-state index >= 15 is 0 Å². The number of nitrogens with one attached hydrogen (secondary N) is 2. The quantitative estimate of drug-likeness (QED) is 0.823. The van der Waals surface area contributed by atoms with Crippen LogP contribution in [0.2, 0.25) is 0 Å². The van der Waals surface area contributed by atoms with Crippen LogP contribution in [0.5, 0.6) is 0 Å². The van der Waals surface area contributed by atoms with Gasteiger partial charge in [0.1, 0.15) is 5.82 Å². The van der Waals surface area contributed by atoms with E-state index < -0.39 is 0 Å². The first-order valence-electron chi connectivity index (χ1n) is 5.94. The Labute approximate surface area is 100 Å². The highest BCUT2D eigenvalue weighted by Gasteiger charge is 2.22. The fraction of sp³-hybridized carbons (Fsp3) is 0.462. The van der Waals surface area contributed by atoms with E-state index in [1.54, 1.807) is 6.07 Å². The fourth-order valence-electron chi connectivity index (χ4n) is 1.66.